The quantitative estimate of drug-likeness (QED) is 0.267. The first-order valence-corrected chi connectivity index (χ1v) is 17.3. The van der Waals surface area contributed by atoms with Crippen molar-refractivity contribution in [3.8, 4) is 28.6 Å². The zero-order valence-electron chi connectivity index (χ0n) is 26.8. The van der Waals surface area contributed by atoms with Gasteiger partial charge in [-0.25, -0.2) is 23.3 Å². The van der Waals surface area contributed by atoms with Gasteiger partial charge in [-0.3, -0.25) is 9.58 Å². The number of aromatic nitrogens is 6. The van der Waals surface area contributed by atoms with Crippen LogP contribution in [-0.4, -0.2) is 90.9 Å². The van der Waals surface area contributed by atoms with Gasteiger partial charge in [-0.15, -0.1) is 0 Å². The van der Waals surface area contributed by atoms with Crippen LogP contribution in [0.5, 0.6) is 0 Å². The molecule has 1 spiro atoms. The molecule has 2 atom stereocenters. The van der Waals surface area contributed by atoms with E-state index in [0.29, 0.717) is 66.5 Å². The first-order valence-electron chi connectivity index (χ1n) is 17.3. The molecule has 48 heavy (non-hydrogen) atoms. The number of pyridine rings is 1. The molecule has 2 unspecified atom stereocenters. The van der Waals surface area contributed by atoms with Crippen LogP contribution in [0.2, 0.25) is 0 Å². The molecule has 10 rings (SSSR count). The Bertz CT molecular complexity index is 1830. The summed E-state index contributed by atoms with van der Waals surface area (Å²) < 4.78 is 42.9. The largest absolute Gasteiger partial charge is 0.353 e. The highest BCUT2D eigenvalue weighted by atomic mass is 19.3. The minimum Gasteiger partial charge on any atom is -0.353 e. The van der Waals surface area contributed by atoms with Crippen molar-refractivity contribution < 1.29 is 18.3 Å². The maximum absolute atomic E-state index is 13.7. The predicted molar refractivity (Wildman–Crippen MR) is 172 cm³/mol. The summed E-state index contributed by atoms with van der Waals surface area (Å²) >= 11 is 0. The second-order valence-electron chi connectivity index (χ2n) is 14.3. The van der Waals surface area contributed by atoms with Crippen LogP contribution in [0, 0.1) is 17.2 Å². The van der Waals surface area contributed by atoms with Crippen LogP contribution in [0.4, 0.5) is 14.6 Å². The number of hydrogen-bond donors (Lipinski definition) is 0. The van der Waals surface area contributed by atoms with E-state index in [9.17, 15) is 14.0 Å². The van der Waals surface area contributed by atoms with Gasteiger partial charge in [0.1, 0.15) is 23.0 Å². The Morgan fingerprint density at radius 2 is 1.65 bits per heavy atom. The van der Waals surface area contributed by atoms with Crippen molar-refractivity contribution in [2.75, 3.05) is 37.7 Å². The molecule has 11 nitrogen and oxygen atoms in total. The lowest BCUT2D eigenvalue weighted by Gasteiger charge is -2.57. The van der Waals surface area contributed by atoms with Crippen molar-refractivity contribution in [3.05, 3.63) is 48.7 Å². The van der Waals surface area contributed by atoms with Gasteiger partial charge < -0.3 is 14.4 Å². The molecular formula is C35H39F2N9O2. The molecule has 0 N–H and O–H groups in total. The number of piperidine rings is 1. The van der Waals surface area contributed by atoms with Crippen LogP contribution < -0.4 is 4.90 Å². The fourth-order valence-corrected chi connectivity index (χ4v) is 8.67. The molecule has 6 aliphatic rings. The molecule has 2 saturated carbocycles. The van der Waals surface area contributed by atoms with E-state index in [1.165, 1.54) is 0 Å². The second-order valence-corrected chi connectivity index (χ2v) is 14.3. The Morgan fingerprint density at radius 3 is 2.35 bits per heavy atom. The molecular weight excluding hydrogens is 616 g/mol. The third kappa shape index (κ3) is 5.34. The number of anilines is 1. The van der Waals surface area contributed by atoms with Crippen molar-refractivity contribution in [2.24, 2.45) is 5.92 Å². The fourth-order valence-electron chi connectivity index (χ4n) is 8.67. The number of alkyl halides is 2. The number of rotatable bonds is 6. The third-order valence-electron chi connectivity index (χ3n) is 11.4. The number of hydrogen-bond acceptors (Lipinski definition) is 9. The molecule has 4 aromatic heterocycles. The van der Waals surface area contributed by atoms with Crippen molar-refractivity contribution in [3.63, 3.8) is 0 Å². The highest BCUT2D eigenvalue weighted by Gasteiger charge is 2.46. The van der Waals surface area contributed by atoms with Crippen LogP contribution in [0.25, 0.3) is 28.0 Å². The average Bonchev–Trinajstić information content (AvgIpc) is 3.89. The Balaban J connectivity index is 0.920. The van der Waals surface area contributed by atoms with E-state index in [-0.39, 0.29) is 18.9 Å². The number of ether oxygens (including phenoxy) is 2. The van der Waals surface area contributed by atoms with Gasteiger partial charge in [-0.1, -0.05) is 0 Å². The number of halogens is 2. The molecule has 13 heteroatoms. The van der Waals surface area contributed by atoms with Gasteiger partial charge in [-0.2, -0.15) is 15.5 Å². The van der Waals surface area contributed by atoms with Gasteiger partial charge in [0.05, 0.1) is 49.2 Å². The van der Waals surface area contributed by atoms with Gasteiger partial charge >= 0.3 is 0 Å². The molecule has 4 saturated heterocycles. The molecule has 0 amide bonds. The monoisotopic (exact) mass is 655 g/mol. The van der Waals surface area contributed by atoms with Crippen LogP contribution in [0.1, 0.15) is 69.4 Å². The van der Waals surface area contributed by atoms with Crippen LogP contribution in [0.3, 0.4) is 0 Å². The van der Waals surface area contributed by atoms with Crippen molar-refractivity contribution in [2.45, 2.75) is 87.6 Å². The van der Waals surface area contributed by atoms with E-state index in [4.69, 9.17) is 24.5 Å². The smallest absolute Gasteiger partial charge is 0.248 e. The summed E-state index contributed by atoms with van der Waals surface area (Å²) in [5, 5.41) is 19.1. The minimum absolute atomic E-state index is 0.0272. The highest BCUT2D eigenvalue weighted by Crippen LogP contribution is 2.42. The summed E-state index contributed by atoms with van der Waals surface area (Å²) in [6.07, 6.45) is 15.2. The topological polar surface area (TPSA) is 110 Å². The standard InChI is InChI=1S/C35H39F2N9O2/c36-34(37)7-3-23(4-8-34)18-44-28-13-29(44)21-43(20-28)31-2-1-24(15-39-31)32-33-25(14-38)16-41-46(33)22-30(42-32)26-17-40-45(19-26)27-5-9-35(10-6-27)47-11-12-48-35/h1-2,15-17,19,22-23,27-29H,3-13,18,20-21H2. The average molecular weight is 656 g/mol. The summed E-state index contributed by atoms with van der Waals surface area (Å²) in [5.41, 5.74) is 4.15. The second kappa shape index (κ2) is 11.6. The van der Waals surface area contributed by atoms with E-state index in [2.05, 4.69) is 21.0 Å². The van der Waals surface area contributed by atoms with Crippen molar-refractivity contribution in [1.82, 2.24) is 34.3 Å². The van der Waals surface area contributed by atoms with Crippen LogP contribution in [0.15, 0.2) is 43.1 Å². The van der Waals surface area contributed by atoms with Crippen LogP contribution in [-0.2, 0) is 9.47 Å². The number of piperazine rings is 1. The Morgan fingerprint density at radius 1 is 0.875 bits per heavy atom. The summed E-state index contributed by atoms with van der Waals surface area (Å²) in [5.74, 6) is -1.60. The number of nitriles is 1. The molecule has 4 aliphatic heterocycles. The van der Waals surface area contributed by atoms with Gasteiger partial charge in [0.2, 0.25) is 5.92 Å². The van der Waals surface area contributed by atoms with E-state index in [0.717, 1.165) is 68.7 Å². The molecule has 0 aromatic carbocycles. The lowest BCUT2D eigenvalue weighted by atomic mass is 9.82. The third-order valence-corrected chi connectivity index (χ3v) is 11.4. The molecule has 4 aromatic rings. The maximum Gasteiger partial charge on any atom is 0.248 e. The lowest BCUT2D eigenvalue weighted by Crippen LogP contribution is -2.69. The molecule has 6 fully saturated rings. The first-order chi connectivity index (χ1) is 23.4. The zero-order valence-corrected chi connectivity index (χ0v) is 26.8. The SMILES string of the molecule is N#Cc1cnn2cc(-c3cnn(C4CCC5(CC4)OCCO5)c3)nc(-c3ccc(N4CC5CC(C4)N5CC4CCC(F)(F)CC4)nc3)c12. The van der Waals surface area contributed by atoms with Crippen LogP contribution >= 0.6 is 0 Å². The molecule has 2 bridgehead atoms. The lowest BCUT2D eigenvalue weighted by molar-refractivity contribution is -0.181. The summed E-state index contributed by atoms with van der Waals surface area (Å²) in [4.78, 5) is 14.8. The summed E-state index contributed by atoms with van der Waals surface area (Å²) in [6, 6.07) is 7.47. The van der Waals surface area contributed by atoms with E-state index in [1.54, 1.807) is 10.7 Å². The van der Waals surface area contributed by atoms with E-state index < -0.39 is 11.7 Å². The molecule has 0 radical (unpaired) electrons. The minimum atomic E-state index is -2.48. The normalized spacial score (nSPS) is 25.8. The van der Waals surface area contributed by atoms with Gasteiger partial charge in [0.15, 0.2) is 5.79 Å². The Hall–Kier alpha value is -3.99. The molecule has 2 aliphatic carbocycles. The summed E-state index contributed by atoms with van der Waals surface area (Å²) in [6.45, 7) is 4.04. The fraction of sp³-hybridized carbons (Fsp3) is 0.571. The zero-order chi connectivity index (χ0) is 32.5. The highest BCUT2D eigenvalue weighted by molar-refractivity contribution is 5.83. The Labute approximate surface area is 277 Å². The predicted octanol–water partition coefficient (Wildman–Crippen LogP) is 5.47. The first kappa shape index (κ1) is 30.1. The molecule has 8 heterocycles. The Kier molecular flexibility index (Phi) is 7.25. The molecule has 250 valence electrons. The van der Waals surface area contributed by atoms with Gasteiger partial charge in [0, 0.05) is 80.9 Å². The van der Waals surface area contributed by atoms with Gasteiger partial charge in [-0.05, 0) is 50.2 Å². The van der Waals surface area contributed by atoms with E-state index in [1.807, 2.05) is 41.6 Å². The maximum atomic E-state index is 13.7. The van der Waals surface area contributed by atoms with Crippen molar-refractivity contribution >= 4 is 11.3 Å². The number of nitrogens with zero attached hydrogens (tertiary/aromatic N) is 9. The van der Waals surface area contributed by atoms with Crippen molar-refractivity contribution in [1.29, 1.82) is 5.26 Å². The van der Waals surface area contributed by atoms with E-state index >= 15 is 0 Å². The van der Waals surface area contributed by atoms with Gasteiger partial charge in [0.25, 0.3) is 0 Å². The number of fused-ring (bicyclic) bond motifs is 3. The summed E-state index contributed by atoms with van der Waals surface area (Å²) in [7, 11) is 0.